The van der Waals surface area contributed by atoms with Crippen molar-refractivity contribution in [2.45, 2.75) is 50.9 Å². The van der Waals surface area contributed by atoms with Crippen molar-refractivity contribution in [2.24, 2.45) is 11.7 Å². The summed E-state index contributed by atoms with van der Waals surface area (Å²) in [4.78, 5) is 54.2. The number of carbonyl (C=O) groups is 4. The van der Waals surface area contributed by atoms with Crippen LogP contribution in [0.25, 0.3) is 10.9 Å². The standard InChI is InChI=1S/C28H35N5O5S/c1-16(2)24(29)27(36)33-23(15-39)26(35)31-21(12-17-8-4-3-5-9-17)25(34)32-22(28(37)38)13-18-14-30-20-11-7-6-10-19(18)20/h3-11,14,16,21-24,30,39H,12-13,15,29H2,1-2H3,(H,31,35)(H,32,34)(H,33,36)(H,37,38). The first kappa shape index (κ1) is 29.7. The molecule has 11 heteroatoms. The van der Waals surface area contributed by atoms with Crippen molar-refractivity contribution in [2.75, 3.05) is 5.75 Å². The van der Waals surface area contributed by atoms with Gasteiger partial charge in [0.2, 0.25) is 17.7 Å². The van der Waals surface area contributed by atoms with Crippen molar-refractivity contribution in [1.29, 1.82) is 0 Å². The Bertz CT molecular complexity index is 1300. The Morgan fingerprint density at radius 3 is 2.08 bits per heavy atom. The van der Waals surface area contributed by atoms with E-state index in [1.165, 1.54) is 0 Å². The smallest absolute Gasteiger partial charge is 0.326 e. The maximum atomic E-state index is 13.4. The average molecular weight is 554 g/mol. The first-order valence-electron chi connectivity index (χ1n) is 12.7. The lowest BCUT2D eigenvalue weighted by atomic mass is 10.0. The summed E-state index contributed by atoms with van der Waals surface area (Å²) >= 11 is 4.19. The lowest BCUT2D eigenvalue weighted by Crippen LogP contribution is -2.58. The number of H-pyrrole nitrogens is 1. The van der Waals surface area contributed by atoms with Crippen LogP contribution in [0.2, 0.25) is 0 Å². The molecule has 3 amide bonds. The van der Waals surface area contributed by atoms with Gasteiger partial charge in [-0.25, -0.2) is 4.79 Å². The minimum Gasteiger partial charge on any atom is -0.480 e. The monoisotopic (exact) mass is 553 g/mol. The third-order valence-electron chi connectivity index (χ3n) is 6.47. The van der Waals surface area contributed by atoms with E-state index in [0.717, 1.165) is 22.0 Å². The number of nitrogens with two attached hydrogens (primary N) is 1. The molecule has 3 rings (SSSR count). The fourth-order valence-electron chi connectivity index (χ4n) is 4.09. The van der Waals surface area contributed by atoms with E-state index in [4.69, 9.17) is 5.73 Å². The molecule has 2 aromatic carbocycles. The van der Waals surface area contributed by atoms with Gasteiger partial charge in [-0.05, 0) is 23.1 Å². The molecule has 3 aromatic rings. The van der Waals surface area contributed by atoms with Crippen LogP contribution in [-0.2, 0) is 32.0 Å². The maximum absolute atomic E-state index is 13.4. The predicted molar refractivity (Wildman–Crippen MR) is 152 cm³/mol. The molecular weight excluding hydrogens is 518 g/mol. The number of para-hydroxylation sites is 1. The fourth-order valence-corrected chi connectivity index (χ4v) is 4.35. The highest BCUT2D eigenvalue weighted by atomic mass is 32.1. The van der Waals surface area contributed by atoms with Crippen LogP contribution in [0.3, 0.4) is 0 Å². The molecule has 7 N–H and O–H groups in total. The number of aliphatic carboxylic acids is 1. The number of aromatic nitrogens is 1. The van der Waals surface area contributed by atoms with Crippen molar-refractivity contribution >= 4 is 47.2 Å². The van der Waals surface area contributed by atoms with E-state index < -0.39 is 47.9 Å². The second-order valence-electron chi connectivity index (χ2n) is 9.73. The zero-order valence-corrected chi connectivity index (χ0v) is 22.8. The van der Waals surface area contributed by atoms with E-state index in [0.29, 0.717) is 0 Å². The van der Waals surface area contributed by atoms with Crippen molar-refractivity contribution in [3.05, 3.63) is 71.9 Å². The van der Waals surface area contributed by atoms with Crippen LogP contribution < -0.4 is 21.7 Å². The second kappa shape index (κ2) is 13.8. The molecule has 0 aliphatic rings. The number of hydrogen-bond acceptors (Lipinski definition) is 6. The van der Waals surface area contributed by atoms with Crippen LogP contribution in [0.15, 0.2) is 60.8 Å². The highest BCUT2D eigenvalue weighted by Crippen LogP contribution is 2.19. The third-order valence-corrected chi connectivity index (χ3v) is 6.83. The molecule has 0 aliphatic heterocycles. The lowest BCUT2D eigenvalue weighted by molar-refractivity contribution is -0.142. The van der Waals surface area contributed by atoms with Gasteiger partial charge < -0.3 is 31.8 Å². The minimum atomic E-state index is -1.24. The highest BCUT2D eigenvalue weighted by molar-refractivity contribution is 7.80. The van der Waals surface area contributed by atoms with Crippen molar-refractivity contribution in [3.8, 4) is 0 Å². The number of carbonyl (C=O) groups excluding carboxylic acids is 3. The number of aromatic amines is 1. The van der Waals surface area contributed by atoms with Crippen LogP contribution in [0.1, 0.15) is 25.0 Å². The van der Waals surface area contributed by atoms with Gasteiger partial charge in [0.15, 0.2) is 0 Å². The lowest BCUT2D eigenvalue weighted by Gasteiger charge is -2.25. The number of amides is 3. The molecule has 1 aromatic heterocycles. The number of hydrogen-bond donors (Lipinski definition) is 7. The number of benzene rings is 2. The number of fused-ring (bicyclic) bond motifs is 1. The van der Waals surface area contributed by atoms with Crippen molar-refractivity contribution < 1.29 is 24.3 Å². The zero-order valence-electron chi connectivity index (χ0n) is 21.9. The van der Waals surface area contributed by atoms with E-state index in [1.54, 1.807) is 44.3 Å². The topological polar surface area (TPSA) is 166 Å². The van der Waals surface area contributed by atoms with Gasteiger partial charge in [-0.1, -0.05) is 62.4 Å². The molecule has 0 aliphatic carbocycles. The number of nitrogens with one attached hydrogen (secondary N) is 4. The summed E-state index contributed by atoms with van der Waals surface area (Å²) in [6.07, 6.45) is 1.87. The van der Waals surface area contributed by atoms with Gasteiger partial charge in [0.1, 0.15) is 18.1 Å². The van der Waals surface area contributed by atoms with E-state index in [9.17, 15) is 24.3 Å². The number of thiol groups is 1. The van der Waals surface area contributed by atoms with Gasteiger partial charge in [-0.3, -0.25) is 14.4 Å². The van der Waals surface area contributed by atoms with Crippen LogP contribution in [0, 0.1) is 5.92 Å². The Balaban J connectivity index is 1.78. The van der Waals surface area contributed by atoms with Gasteiger partial charge >= 0.3 is 5.97 Å². The van der Waals surface area contributed by atoms with Crippen LogP contribution >= 0.6 is 12.6 Å². The van der Waals surface area contributed by atoms with Crippen LogP contribution in [0.5, 0.6) is 0 Å². The SMILES string of the molecule is CC(C)C(N)C(=O)NC(CS)C(=O)NC(Cc1ccccc1)C(=O)NC(Cc1c[nH]c2ccccc12)C(=O)O. The predicted octanol–water partition coefficient (Wildman–Crippen LogP) is 1.41. The Hall–Kier alpha value is -3.83. The van der Waals surface area contributed by atoms with Crippen molar-refractivity contribution in [1.82, 2.24) is 20.9 Å². The summed E-state index contributed by atoms with van der Waals surface area (Å²) in [5, 5.41) is 18.6. The molecule has 1 heterocycles. The number of rotatable bonds is 13. The molecule has 0 spiro atoms. The van der Waals surface area contributed by atoms with Gasteiger partial charge in [0.05, 0.1) is 6.04 Å². The molecule has 208 valence electrons. The van der Waals surface area contributed by atoms with Gasteiger partial charge in [-0.2, -0.15) is 12.6 Å². The Morgan fingerprint density at radius 2 is 1.44 bits per heavy atom. The van der Waals surface area contributed by atoms with E-state index in [1.807, 2.05) is 30.3 Å². The largest absolute Gasteiger partial charge is 0.480 e. The Kier molecular flexibility index (Phi) is 10.5. The number of carboxylic acids is 1. The zero-order chi connectivity index (χ0) is 28.5. The van der Waals surface area contributed by atoms with Crippen molar-refractivity contribution in [3.63, 3.8) is 0 Å². The molecule has 0 saturated carbocycles. The van der Waals surface area contributed by atoms with E-state index in [-0.39, 0.29) is 24.5 Å². The van der Waals surface area contributed by atoms with Gasteiger partial charge in [0.25, 0.3) is 0 Å². The molecule has 0 radical (unpaired) electrons. The summed E-state index contributed by atoms with van der Waals surface area (Å²) < 4.78 is 0. The van der Waals surface area contributed by atoms with Crippen LogP contribution in [-0.4, -0.2) is 63.7 Å². The Labute approximate surface area is 232 Å². The summed E-state index contributed by atoms with van der Waals surface area (Å²) in [6, 6.07) is 12.3. The molecule has 4 atom stereocenters. The molecular formula is C28H35N5O5S. The highest BCUT2D eigenvalue weighted by Gasteiger charge is 2.31. The summed E-state index contributed by atoms with van der Waals surface area (Å²) in [5.41, 5.74) is 8.25. The molecule has 0 saturated heterocycles. The van der Waals surface area contributed by atoms with Crippen LogP contribution in [0.4, 0.5) is 0 Å². The van der Waals surface area contributed by atoms with E-state index >= 15 is 0 Å². The normalized spacial score (nSPS) is 14.3. The average Bonchev–Trinajstić information content (AvgIpc) is 3.33. The third kappa shape index (κ3) is 8.08. The quantitative estimate of drug-likeness (QED) is 0.158. The molecule has 4 unspecified atom stereocenters. The summed E-state index contributed by atoms with van der Waals surface area (Å²) in [6.45, 7) is 3.57. The first-order chi connectivity index (χ1) is 18.6. The van der Waals surface area contributed by atoms with Gasteiger partial charge in [0, 0.05) is 35.7 Å². The number of carboxylic acid groups (broad SMARTS) is 1. The molecule has 0 fully saturated rings. The van der Waals surface area contributed by atoms with Gasteiger partial charge in [-0.15, -0.1) is 0 Å². The molecule has 39 heavy (non-hydrogen) atoms. The second-order valence-corrected chi connectivity index (χ2v) is 10.1. The summed E-state index contributed by atoms with van der Waals surface area (Å²) in [7, 11) is 0. The van der Waals surface area contributed by atoms with E-state index in [2.05, 4.69) is 33.6 Å². The first-order valence-corrected chi connectivity index (χ1v) is 13.3. The Morgan fingerprint density at radius 1 is 0.846 bits per heavy atom. The minimum absolute atomic E-state index is 0.0274. The summed E-state index contributed by atoms with van der Waals surface area (Å²) in [5.74, 6) is -3.18. The maximum Gasteiger partial charge on any atom is 0.326 e. The molecule has 0 bridgehead atoms. The molecule has 10 nitrogen and oxygen atoms in total. The fraction of sp³-hybridized carbons (Fsp3) is 0.357.